The predicted octanol–water partition coefficient (Wildman–Crippen LogP) is 6.31. The van der Waals surface area contributed by atoms with Crippen molar-refractivity contribution in [3.63, 3.8) is 0 Å². The molecule has 46 heavy (non-hydrogen) atoms. The van der Waals surface area contributed by atoms with Crippen molar-refractivity contribution >= 4 is 17.4 Å². The quantitative estimate of drug-likeness (QED) is 0.248. The van der Waals surface area contributed by atoms with Crippen LogP contribution >= 0.6 is 0 Å². The van der Waals surface area contributed by atoms with E-state index in [0.717, 1.165) is 55.7 Å². The Hall–Kier alpha value is -3.98. The lowest BCUT2D eigenvalue weighted by atomic mass is 9.82. The number of aliphatic hydroxyl groups is 1. The molecule has 2 unspecified atom stereocenters. The number of piperidine rings is 1. The molecule has 3 heterocycles. The lowest BCUT2D eigenvalue weighted by Gasteiger charge is -2.33. The Bertz CT molecular complexity index is 1570. The number of allylic oxidation sites excluding steroid dienone is 1. The van der Waals surface area contributed by atoms with E-state index in [4.69, 9.17) is 14.5 Å². The van der Waals surface area contributed by atoms with Crippen molar-refractivity contribution in [2.45, 2.75) is 91.6 Å². The van der Waals surface area contributed by atoms with E-state index in [1.807, 2.05) is 19.1 Å². The number of aliphatic hydroxyl groups excluding tert-OH is 1. The molecule has 9 nitrogen and oxygen atoms in total. The normalized spacial score (nSPS) is 18.0. The van der Waals surface area contributed by atoms with Crippen LogP contribution in [0.1, 0.15) is 106 Å². The van der Waals surface area contributed by atoms with E-state index in [0.29, 0.717) is 55.9 Å². The van der Waals surface area contributed by atoms with Gasteiger partial charge in [0.2, 0.25) is 0 Å². The van der Waals surface area contributed by atoms with Gasteiger partial charge in [-0.15, -0.1) is 0 Å². The molecule has 1 saturated heterocycles. The zero-order valence-electron chi connectivity index (χ0n) is 27.9. The number of hydrogen-bond donors (Lipinski definition) is 1. The Kier molecular flexibility index (Phi) is 10.9. The van der Waals surface area contributed by atoms with Crippen LogP contribution in [0.5, 0.6) is 5.75 Å². The molecule has 9 heteroatoms. The number of carbonyl (C=O) groups is 2. The average molecular weight is 629 g/mol. The number of hydrogen-bond acceptors (Lipinski definition) is 7. The molecule has 1 aliphatic heterocycles. The molecule has 0 spiro atoms. The fraction of sp³-hybridized carbons (Fsp3) is 0.514. The van der Waals surface area contributed by atoms with Gasteiger partial charge in [0.15, 0.2) is 5.82 Å². The van der Waals surface area contributed by atoms with Gasteiger partial charge in [0, 0.05) is 13.1 Å². The first-order valence-electron chi connectivity index (χ1n) is 16.9. The summed E-state index contributed by atoms with van der Waals surface area (Å²) in [5.74, 6) is 1.77. The van der Waals surface area contributed by atoms with Crippen molar-refractivity contribution in [2.24, 2.45) is 5.92 Å². The molecule has 2 aliphatic rings. The second-order valence-electron chi connectivity index (χ2n) is 12.4. The molecule has 1 fully saturated rings. The summed E-state index contributed by atoms with van der Waals surface area (Å²) in [7, 11) is 0. The molecule has 0 bridgehead atoms. The molecular formula is C37H48N4O5. The number of aryl methyl sites for hydroxylation is 1. The van der Waals surface area contributed by atoms with E-state index in [-0.39, 0.29) is 11.9 Å². The summed E-state index contributed by atoms with van der Waals surface area (Å²) < 4.78 is 13.5. The smallest absolute Gasteiger partial charge is 0.341 e. The van der Waals surface area contributed by atoms with Gasteiger partial charge in [-0.05, 0) is 117 Å². The first kappa shape index (κ1) is 33.4. The molecular weight excluding hydrogens is 580 g/mol. The predicted molar refractivity (Wildman–Crippen MR) is 178 cm³/mol. The van der Waals surface area contributed by atoms with Crippen LogP contribution in [0.3, 0.4) is 0 Å². The number of likely N-dealkylation sites (tertiary alicyclic amines) is 1. The van der Waals surface area contributed by atoms with Crippen molar-refractivity contribution in [2.75, 3.05) is 26.3 Å². The molecule has 2 aromatic heterocycles. The van der Waals surface area contributed by atoms with Crippen LogP contribution in [0.4, 0.5) is 0 Å². The number of esters is 1. The van der Waals surface area contributed by atoms with Gasteiger partial charge in [0.1, 0.15) is 24.0 Å². The van der Waals surface area contributed by atoms with Crippen LogP contribution in [0.25, 0.3) is 11.4 Å². The zero-order valence-corrected chi connectivity index (χ0v) is 27.9. The Morgan fingerprint density at radius 3 is 2.54 bits per heavy atom. The zero-order chi connectivity index (χ0) is 32.8. The van der Waals surface area contributed by atoms with E-state index in [9.17, 15) is 14.7 Å². The summed E-state index contributed by atoms with van der Waals surface area (Å²) in [5.41, 5.74) is 7.30. The molecule has 0 saturated carbocycles. The van der Waals surface area contributed by atoms with Crippen LogP contribution in [0.2, 0.25) is 0 Å². The Morgan fingerprint density at radius 1 is 1.07 bits per heavy atom. The minimum absolute atomic E-state index is 0.180. The number of carbonyl (C=O) groups excluding carboxylic acids is 2. The first-order valence-corrected chi connectivity index (χ1v) is 16.9. The van der Waals surface area contributed by atoms with Crippen molar-refractivity contribution in [1.82, 2.24) is 19.7 Å². The number of rotatable bonds is 11. The SMILES string of the molecule is CCOC(=O)c1cnn(-c2cccc(C3=C(COc4ccc(C5CCN(C(=O)C(C)O)CC5)c(CC)c4)C(C)CCC3)n2)c1CC. The highest BCUT2D eigenvalue weighted by Gasteiger charge is 2.28. The summed E-state index contributed by atoms with van der Waals surface area (Å²) >= 11 is 0. The van der Waals surface area contributed by atoms with Crippen molar-refractivity contribution in [1.29, 1.82) is 0 Å². The van der Waals surface area contributed by atoms with Crippen molar-refractivity contribution < 1.29 is 24.2 Å². The van der Waals surface area contributed by atoms with Gasteiger partial charge in [-0.25, -0.2) is 14.5 Å². The van der Waals surface area contributed by atoms with Gasteiger partial charge in [-0.1, -0.05) is 32.9 Å². The fourth-order valence-corrected chi connectivity index (χ4v) is 6.95. The molecule has 246 valence electrons. The van der Waals surface area contributed by atoms with Gasteiger partial charge in [-0.2, -0.15) is 5.10 Å². The van der Waals surface area contributed by atoms with Crippen molar-refractivity contribution in [3.05, 3.63) is 76.2 Å². The monoisotopic (exact) mass is 628 g/mol. The molecule has 0 radical (unpaired) electrons. The van der Waals surface area contributed by atoms with Crippen LogP contribution in [-0.4, -0.2) is 69.1 Å². The largest absolute Gasteiger partial charge is 0.489 e. The third kappa shape index (κ3) is 7.20. The second kappa shape index (κ2) is 15.1. The number of ether oxygens (including phenoxy) is 2. The summed E-state index contributed by atoms with van der Waals surface area (Å²) in [4.78, 5) is 31.6. The minimum Gasteiger partial charge on any atom is -0.489 e. The molecule has 1 aliphatic carbocycles. The number of benzene rings is 1. The minimum atomic E-state index is -0.947. The van der Waals surface area contributed by atoms with E-state index in [1.165, 1.54) is 29.2 Å². The van der Waals surface area contributed by atoms with E-state index in [1.54, 1.807) is 22.7 Å². The maximum atomic E-state index is 12.5. The highest BCUT2D eigenvalue weighted by molar-refractivity contribution is 5.90. The Morgan fingerprint density at radius 2 is 1.85 bits per heavy atom. The third-order valence-corrected chi connectivity index (χ3v) is 9.50. The topological polar surface area (TPSA) is 107 Å². The summed E-state index contributed by atoms with van der Waals surface area (Å²) in [6.07, 6.45) is 7.09. The van der Waals surface area contributed by atoms with Crippen LogP contribution in [0.15, 0.2) is 48.2 Å². The third-order valence-electron chi connectivity index (χ3n) is 9.50. The number of nitrogens with zero attached hydrogens (tertiary/aromatic N) is 4. The standard InChI is InChI=1S/C37H48N4O5/c1-6-26-21-28(15-16-29(26)27-17-19-40(20-18-27)36(43)25(5)42)46-23-32-24(4)11-9-12-30(32)33-13-10-14-35(39-33)41-34(7-2)31(22-38-41)37(44)45-8-3/h10,13-16,21-22,24-25,27,42H,6-9,11-12,17-20,23H2,1-5H3. The van der Waals surface area contributed by atoms with E-state index in [2.05, 4.69) is 43.2 Å². The van der Waals surface area contributed by atoms with Crippen LogP contribution in [0, 0.1) is 5.92 Å². The number of pyridine rings is 1. The average Bonchev–Trinajstić information content (AvgIpc) is 3.52. The highest BCUT2D eigenvalue weighted by Crippen LogP contribution is 2.37. The van der Waals surface area contributed by atoms with Gasteiger partial charge in [0.25, 0.3) is 5.91 Å². The highest BCUT2D eigenvalue weighted by atomic mass is 16.5. The summed E-state index contributed by atoms with van der Waals surface area (Å²) in [5, 5.41) is 14.2. The summed E-state index contributed by atoms with van der Waals surface area (Å²) in [6, 6.07) is 12.5. The lowest BCUT2D eigenvalue weighted by molar-refractivity contribution is -0.140. The molecule has 1 N–H and O–H groups in total. The Balaban J connectivity index is 1.35. The second-order valence-corrected chi connectivity index (χ2v) is 12.4. The Labute approximate surface area is 272 Å². The fourth-order valence-electron chi connectivity index (χ4n) is 6.95. The molecule has 1 aromatic carbocycles. The van der Waals surface area contributed by atoms with Gasteiger partial charge in [-0.3, -0.25) is 4.79 Å². The van der Waals surface area contributed by atoms with Crippen LogP contribution < -0.4 is 4.74 Å². The number of amides is 1. The van der Waals surface area contributed by atoms with Crippen molar-refractivity contribution in [3.8, 4) is 11.6 Å². The maximum absolute atomic E-state index is 12.5. The first-order chi connectivity index (χ1) is 22.2. The number of aromatic nitrogens is 3. The lowest BCUT2D eigenvalue weighted by Crippen LogP contribution is -2.42. The molecule has 3 aromatic rings. The molecule has 1 amide bonds. The van der Waals surface area contributed by atoms with Gasteiger partial charge < -0.3 is 19.5 Å². The van der Waals surface area contributed by atoms with Gasteiger partial charge >= 0.3 is 5.97 Å². The van der Waals surface area contributed by atoms with E-state index < -0.39 is 6.10 Å². The molecule has 5 rings (SSSR count). The van der Waals surface area contributed by atoms with E-state index >= 15 is 0 Å². The molecule has 2 atom stereocenters. The summed E-state index contributed by atoms with van der Waals surface area (Å²) in [6.45, 7) is 11.9. The maximum Gasteiger partial charge on any atom is 0.341 e. The van der Waals surface area contributed by atoms with Crippen LogP contribution in [-0.2, 0) is 22.4 Å². The van der Waals surface area contributed by atoms with Gasteiger partial charge in [0.05, 0.1) is 24.2 Å².